The first kappa shape index (κ1) is 11.9. The van der Waals surface area contributed by atoms with Crippen LogP contribution in [-0.2, 0) is 4.74 Å². The van der Waals surface area contributed by atoms with Crippen LogP contribution in [-0.4, -0.2) is 12.7 Å². The van der Waals surface area contributed by atoms with Gasteiger partial charge in [-0.15, -0.1) is 0 Å². The van der Waals surface area contributed by atoms with E-state index in [1.807, 2.05) is 24.3 Å². The third-order valence-electron chi connectivity index (χ3n) is 3.13. The lowest BCUT2D eigenvalue weighted by atomic mass is 10.1. The molecule has 2 heteroatoms. The van der Waals surface area contributed by atoms with Gasteiger partial charge in [0.25, 0.3) is 0 Å². The number of ether oxygens (including phenoxy) is 1. The Morgan fingerprint density at radius 2 is 2.12 bits per heavy atom. The van der Waals surface area contributed by atoms with Crippen LogP contribution in [0, 0.1) is 17.2 Å². The maximum atomic E-state index is 8.92. The molecule has 1 aromatic rings. The molecule has 88 valence electrons. The maximum Gasteiger partial charge on any atom is 0.0737 e. The van der Waals surface area contributed by atoms with E-state index in [0.717, 1.165) is 19.3 Å². The molecule has 0 aromatic heterocycles. The molecule has 1 saturated carbocycles. The molecule has 2 unspecified atom stereocenters. The highest BCUT2D eigenvalue weighted by molar-refractivity contribution is 5.48. The van der Waals surface area contributed by atoms with Crippen molar-refractivity contribution in [3.63, 3.8) is 0 Å². The van der Waals surface area contributed by atoms with Gasteiger partial charge in [0.05, 0.1) is 24.7 Å². The van der Waals surface area contributed by atoms with Crippen LogP contribution in [0.3, 0.4) is 0 Å². The van der Waals surface area contributed by atoms with E-state index in [4.69, 9.17) is 10.00 Å². The molecule has 2 atom stereocenters. The van der Waals surface area contributed by atoms with Gasteiger partial charge in [-0.2, -0.15) is 5.26 Å². The molecular formula is C15H17NO. The predicted octanol–water partition coefficient (Wildman–Crippen LogP) is 3.41. The van der Waals surface area contributed by atoms with Gasteiger partial charge in [-0.25, -0.2) is 0 Å². The lowest BCUT2D eigenvalue weighted by Gasteiger charge is -2.12. The van der Waals surface area contributed by atoms with Crippen molar-refractivity contribution >= 4 is 6.08 Å². The van der Waals surface area contributed by atoms with Gasteiger partial charge in [0.1, 0.15) is 0 Å². The molecule has 1 aromatic carbocycles. The van der Waals surface area contributed by atoms with Gasteiger partial charge in [-0.3, -0.25) is 0 Å². The van der Waals surface area contributed by atoms with E-state index in [2.05, 4.69) is 24.3 Å². The van der Waals surface area contributed by atoms with E-state index in [1.165, 1.54) is 5.56 Å². The Morgan fingerprint density at radius 3 is 2.88 bits per heavy atom. The van der Waals surface area contributed by atoms with Crippen molar-refractivity contribution in [1.82, 2.24) is 0 Å². The van der Waals surface area contributed by atoms with Gasteiger partial charge in [0, 0.05) is 0 Å². The molecule has 0 aliphatic heterocycles. The highest BCUT2D eigenvalue weighted by Crippen LogP contribution is 2.27. The van der Waals surface area contributed by atoms with Crippen LogP contribution in [0.4, 0.5) is 0 Å². The number of hydrogen-bond acceptors (Lipinski definition) is 2. The molecule has 0 N–H and O–H groups in total. The first-order valence-electron chi connectivity index (χ1n) is 6.13. The van der Waals surface area contributed by atoms with Crippen LogP contribution in [0.5, 0.6) is 0 Å². The summed E-state index contributed by atoms with van der Waals surface area (Å²) < 4.78 is 5.72. The summed E-state index contributed by atoms with van der Waals surface area (Å²) in [6.45, 7) is 0.595. The van der Waals surface area contributed by atoms with Crippen LogP contribution < -0.4 is 0 Å². The third kappa shape index (κ3) is 3.44. The normalized spacial score (nSPS) is 23.9. The van der Waals surface area contributed by atoms with Gasteiger partial charge in [-0.05, 0) is 24.8 Å². The fourth-order valence-corrected chi connectivity index (χ4v) is 2.20. The molecular weight excluding hydrogens is 210 g/mol. The summed E-state index contributed by atoms with van der Waals surface area (Å²) in [4.78, 5) is 0. The molecule has 2 nitrogen and oxygen atoms in total. The second-order valence-electron chi connectivity index (χ2n) is 4.35. The van der Waals surface area contributed by atoms with Crippen molar-refractivity contribution in [2.75, 3.05) is 6.61 Å². The zero-order valence-electron chi connectivity index (χ0n) is 9.88. The van der Waals surface area contributed by atoms with Crippen molar-refractivity contribution in [2.24, 2.45) is 5.92 Å². The number of rotatable bonds is 4. The van der Waals surface area contributed by atoms with E-state index in [9.17, 15) is 0 Å². The summed E-state index contributed by atoms with van der Waals surface area (Å²) in [5.74, 6) is 0.0973. The van der Waals surface area contributed by atoms with E-state index in [1.54, 1.807) is 0 Å². The zero-order valence-corrected chi connectivity index (χ0v) is 9.88. The maximum absolute atomic E-state index is 8.92. The highest BCUT2D eigenvalue weighted by atomic mass is 16.5. The van der Waals surface area contributed by atoms with Gasteiger partial charge < -0.3 is 4.74 Å². The third-order valence-corrected chi connectivity index (χ3v) is 3.13. The first-order chi connectivity index (χ1) is 8.40. The van der Waals surface area contributed by atoms with E-state index in [-0.39, 0.29) is 12.0 Å². The monoisotopic (exact) mass is 227 g/mol. The second-order valence-corrected chi connectivity index (χ2v) is 4.35. The Morgan fingerprint density at radius 1 is 1.29 bits per heavy atom. The Labute approximate surface area is 103 Å². The summed E-state index contributed by atoms with van der Waals surface area (Å²) in [5, 5.41) is 8.92. The predicted molar refractivity (Wildman–Crippen MR) is 68.2 cm³/mol. The summed E-state index contributed by atoms with van der Waals surface area (Å²) in [6, 6.07) is 12.5. The van der Waals surface area contributed by atoms with Crippen LogP contribution in [0.2, 0.25) is 0 Å². The average Bonchev–Trinajstić information content (AvgIpc) is 2.83. The van der Waals surface area contributed by atoms with Gasteiger partial charge in [0.15, 0.2) is 0 Å². The smallest absolute Gasteiger partial charge is 0.0737 e. The minimum absolute atomic E-state index is 0.0973. The Balaban J connectivity index is 1.76. The SMILES string of the molecule is N#CC1CCCC1OC/C=C/c1ccccc1. The van der Waals surface area contributed by atoms with Crippen molar-refractivity contribution < 1.29 is 4.74 Å². The van der Waals surface area contributed by atoms with Gasteiger partial charge in [-0.1, -0.05) is 42.5 Å². The highest BCUT2D eigenvalue weighted by Gasteiger charge is 2.27. The molecule has 0 amide bonds. The van der Waals surface area contributed by atoms with Gasteiger partial charge in [0.2, 0.25) is 0 Å². The Bertz CT molecular complexity index is 405. The summed E-state index contributed by atoms with van der Waals surface area (Å²) in [7, 11) is 0. The van der Waals surface area contributed by atoms with Crippen LogP contribution >= 0.6 is 0 Å². The average molecular weight is 227 g/mol. The van der Waals surface area contributed by atoms with E-state index in [0.29, 0.717) is 6.61 Å². The Kier molecular flexibility index (Phi) is 4.35. The topological polar surface area (TPSA) is 33.0 Å². The fourth-order valence-electron chi connectivity index (χ4n) is 2.20. The molecule has 1 fully saturated rings. The number of benzene rings is 1. The van der Waals surface area contributed by atoms with Crippen molar-refractivity contribution in [1.29, 1.82) is 5.26 Å². The largest absolute Gasteiger partial charge is 0.373 e. The molecule has 2 rings (SSSR count). The molecule has 1 aliphatic rings. The molecule has 0 radical (unpaired) electrons. The second kappa shape index (κ2) is 6.22. The molecule has 0 heterocycles. The lowest BCUT2D eigenvalue weighted by molar-refractivity contribution is 0.0616. The summed E-state index contributed by atoms with van der Waals surface area (Å²) in [5.41, 5.74) is 1.18. The van der Waals surface area contributed by atoms with E-state index >= 15 is 0 Å². The zero-order chi connectivity index (χ0) is 11.9. The molecule has 0 spiro atoms. The van der Waals surface area contributed by atoms with Crippen molar-refractivity contribution in [3.8, 4) is 6.07 Å². The summed E-state index contributed by atoms with van der Waals surface area (Å²) in [6.07, 6.45) is 7.34. The fraction of sp³-hybridized carbons (Fsp3) is 0.400. The van der Waals surface area contributed by atoms with Crippen LogP contribution in [0.15, 0.2) is 36.4 Å². The molecule has 1 aliphatic carbocycles. The Hall–Kier alpha value is -1.59. The quantitative estimate of drug-likeness (QED) is 0.789. The van der Waals surface area contributed by atoms with Crippen LogP contribution in [0.1, 0.15) is 24.8 Å². The molecule has 0 saturated heterocycles. The van der Waals surface area contributed by atoms with Gasteiger partial charge >= 0.3 is 0 Å². The van der Waals surface area contributed by atoms with Crippen molar-refractivity contribution in [3.05, 3.63) is 42.0 Å². The number of nitrogens with zero attached hydrogens (tertiary/aromatic N) is 1. The molecule has 17 heavy (non-hydrogen) atoms. The first-order valence-corrected chi connectivity index (χ1v) is 6.13. The summed E-state index contributed by atoms with van der Waals surface area (Å²) >= 11 is 0. The van der Waals surface area contributed by atoms with E-state index < -0.39 is 0 Å². The van der Waals surface area contributed by atoms with Crippen LogP contribution in [0.25, 0.3) is 6.08 Å². The minimum atomic E-state index is 0.0973. The number of nitriles is 1. The molecule has 0 bridgehead atoms. The number of hydrogen-bond donors (Lipinski definition) is 0. The standard InChI is InChI=1S/C15H17NO/c16-12-14-9-4-10-15(14)17-11-5-8-13-6-2-1-3-7-13/h1-3,5-8,14-15H,4,9-11H2/b8-5+. The van der Waals surface area contributed by atoms with Crippen molar-refractivity contribution in [2.45, 2.75) is 25.4 Å². The lowest BCUT2D eigenvalue weighted by Crippen LogP contribution is -2.16. The minimum Gasteiger partial charge on any atom is -0.373 e.